The van der Waals surface area contributed by atoms with E-state index in [2.05, 4.69) is 19.8 Å². The number of carbonyl (C=O) groups is 2. The van der Waals surface area contributed by atoms with Crippen LogP contribution in [0, 0.1) is 67.9 Å². The zero-order valence-electron chi connectivity index (χ0n) is 66.3. The van der Waals surface area contributed by atoms with Crippen LogP contribution in [0.5, 0.6) is 0 Å². The van der Waals surface area contributed by atoms with Gasteiger partial charge in [0.15, 0.2) is 34.9 Å². The summed E-state index contributed by atoms with van der Waals surface area (Å²) in [5.41, 5.74) is -3.83. The fraction of sp³-hybridized carbons (Fsp3) is 0.465. The Hall–Kier alpha value is -8.82. The van der Waals surface area contributed by atoms with Crippen LogP contribution < -0.4 is 9.80 Å². The molecule has 15 atom stereocenters. The monoisotopic (exact) mass is 1790 g/mol. The second-order valence-corrected chi connectivity index (χ2v) is 34.0. The number of anilines is 2. The molecular weight excluding hydrogens is 1710 g/mol. The van der Waals surface area contributed by atoms with E-state index in [4.69, 9.17) is 28.4 Å². The molecule has 8 heterocycles. The van der Waals surface area contributed by atoms with E-state index in [0.29, 0.717) is 121 Å². The highest BCUT2D eigenvalue weighted by molar-refractivity contribution is 7.17. The Labute approximate surface area is 700 Å². The molecule has 0 saturated carbocycles. The van der Waals surface area contributed by atoms with Crippen molar-refractivity contribution >= 4 is 44.7 Å². The summed E-state index contributed by atoms with van der Waals surface area (Å²) >= 11 is 2.36. The van der Waals surface area contributed by atoms with Gasteiger partial charge in [-0.1, -0.05) is 59.1 Å². The summed E-state index contributed by atoms with van der Waals surface area (Å²) in [6.07, 6.45) is -29.7. The Morgan fingerprint density at radius 2 is 0.813 bits per heavy atom. The smallest absolute Gasteiger partial charge is 0.416 e. The molecule has 2 N–H and O–H groups in total. The number of carboxylic acid groups (broad SMARTS) is 1. The van der Waals surface area contributed by atoms with Crippen LogP contribution in [0.15, 0.2) is 139 Å². The van der Waals surface area contributed by atoms with E-state index in [9.17, 15) is 108 Å². The molecule has 1 aliphatic carbocycles. The number of aliphatic hydroxyl groups excluding tert-OH is 1. The van der Waals surface area contributed by atoms with Gasteiger partial charge in [0.2, 0.25) is 0 Å². The quantitative estimate of drug-likeness (QED) is 0.0827. The number of allylic oxidation sites excluding steroid dienone is 2. The van der Waals surface area contributed by atoms with Crippen LogP contribution >= 0.6 is 22.7 Å². The average Bonchev–Trinajstić information content (AvgIpc) is 1.71. The molecule has 6 aromatic carbocycles. The first-order valence-corrected chi connectivity index (χ1v) is 40.8. The number of halogens is 20. The molecule has 123 heavy (non-hydrogen) atoms. The molecule has 664 valence electrons. The van der Waals surface area contributed by atoms with Crippen molar-refractivity contribution in [3.8, 4) is 0 Å². The minimum Gasteiger partial charge on any atom is -0.477 e. The Bertz CT molecular complexity index is 5050. The Balaban J connectivity index is 0.000000159. The SMILES string of the molecule is Cc1cc(F)ccc1[C@@H]1[C@@H](O[C@H](C)c2cc(C(F)(F)F)cc(C(F)(F)F)c2)OC[C@@H]2CN(c3ncc(C(=O)O)s3)C[C@H]21.Cc1cc(F)ccc1[C@@H]1[C@@H](O[C@H](C)c2cc(C(F)(F)F)cc(C(F)(F)F)c2)OC[C@@H]2CN(c3ncc(CO)s3)C[C@H]21.Cc1ccccc1[C@@H]1[C@@H](O[C@H](C)c2cc(C(F)(F)F)cc(C(F)(F)F)c2)OC[C@@H]2CN(C3=CC(=O)CCC3)C[C@H]21. The van der Waals surface area contributed by atoms with Crippen LogP contribution in [0.25, 0.3) is 0 Å². The maximum Gasteiger partial charge on any atom is 0.416 e. The highest BCUT2D eigenvalue weighted by Crippen LogP contribution is 2.53. The second-order valence-electron chi connectivity index (χ2n) is 31.9. The number of thiazole rings is 2. The van der Waals surface area contributed by atoms with Gasteiger partial charge < -0.3 is 53.3 Å². The highest BCUT2D eigenvalue weighted by atomic mass is 32.1. The van der Waals surface area contributed by atoms with Crippen molar-refractivity contribution in [3.63, 3.8) is 0 Å². The molecule has 2 aromatic heterocycles. The third-order valence-electron chi connectivity index (χ3n) is 23.7. The number of fused-ring (bicyclic) bond motifs is 3. The van der Waals surface area contributed by atoms with Gasteiger partial charge in [0.25, 0.3) is 0 Å². The largest absolute Gasteiger partial charge is 0.477 e. The Kier molecular flexibility index (Phi) is 27.1. The van der Waals surface area contributed by atoms with Crippen molar-refractivity contribution in [2.45, 2.75) is 159 Å². The van der Waals surface area contributed by atoms with E-state index >= 15 is 0 Å². The number of likely N-dealkylation sites (tertiary alicyclic amines) is 1. The minimum absolute atomic E-state index is 0.00600. The normalized spacial score (nSPS) is 24.7. The first-order valence-electron chi connectivity index (χ1n) is 39.2. The molecule has 37 heteroatoms. The van der Waals surface area contributed by atoms with E-state index in [1.165, 1.54) is 62.6 Å². The van der Waals surface area contributed by atoms with E-state index in [-0.39, 0.29) is 107 Å². The number of aliphatic hydroxyl groups is 1. The van der Waals surface area contributed by atoms with Crippen molar-refractivity contribution in [1.29, 1.82) is 0 Å². The van der Waals surface area contributed by atoms with Gasteiger partial charge in [-0.05, 0) is 201 Å². The van der Waals surface area contributed by atoms with Crippen LogP contribution in [-0.4, -0.2) is 115 Å². The summed E-state index contributed by atoms with van der Waals surface area (Å²) < 4.78 is 307. The van der Waals surface area contributed by atoms with Gasteiger partial charge in [-0.25, -0.2) is 23.5 Å². The predicted molar refractivity (Wildman–Crippen MR) is 410 cm³/mol. The number of carboxylic acids is 1. The fourth-order valence-corrected chi connectivity index (χ4v) is 19.1. The number of hydrogen-bond acceptors (Lipinski definition) is 16. The number of nitrogens with zero attached hydrogens (tertiary/aromatic N) is 5. The number of ether oxygens (including phenoxy) is 6. The van der Waals surface area contributed by atoms with Crippen molar-refractivity contribution in [2.75, 3.05) is 68.9 Å². The topological polar surface area (TPSA) is 165 Å². The van der Waals surface area contributed by atoms with E-state index in [0.717, 1.165) is 46.6 Å². The van der Waals surface area contributed by atoms with Crippen molar-refractivity contribution < 1.29 is 136 Å². The van der Waals surface area contributed by atoms with Gasteiger partial charge in [-0.3, -0.25) is 4.79 Å². The number of aromatic nitrogens is 2. The number of carbonyl (C=O) groups excluding carboxylic acids is 1. The van der Waals surface area contributed by atoms with Crippen molar-refractivity contribution in [2.24, 2.45) is 35.5 Å². The van der Waals surface area contributed by atoms with Crippen LogP contribution in [0.3, 0.4) is 0 Å². The van der Waals surface area contributed by atoms with Gasteiger partial charge in [0.1, 0.15) is 16.5 Å². The minimum atomic E-state index is -5.01. The van der Waals surface area contributed by atoms with Crippen LogP contribution in [0.4, 0.5) is 98.1 Å². The first-order chi connectivity index (χ1) is 57.7. The van der Waals surface area contributed by atoms with E-state index in [1.807, 2.05) is 36.1 Å². The average molecular weight is 1790 g/mol. The third-order valence-corrected chi connectivity index (χ3v) is 25.8. The molecule has 6 saturated heterocycles. The molecule has 0 radical (unpaired) electrons. The fourth-order valence-electron chi connectivity index (χ4n) is 17.6. The van der Waals surface area contributed by atoms with Crippen LogP contribution in [-0.2, 0) is 76.9 Å². The number of benzene rings is 6. The van der Waals surface area contributed by atoms with Crippen LogP contribution in [0.2, 0.25) is 0 Å². The second kappa shape index (κ2) is 36.3. The molecule has 7 aliphatic rings. The molecule has 15 nitrogen and oxygen atoms in total. The summed E-state index contributed by atoms with van der Waals surface area (Å²) in [4.78, 5) is 39.0. The van der Waals surface area contributed by atoms with Gasteiger partial charge in [-0.15, -0.1) is 0 Å². The molecule has 6 fully saturated rings. The molecule has 0 amide bonds. The lowest BCUT2D eigenvalue weighted by Crippen LogP contribution is -2.42. The molecular formula is C86H83F20N5O10S2. The predicted octanol–water partition coefficient (Wildman–Crippen LogP) is 21.8. The summed E-state index contributed by atoms with van der Waals surface area (Å²) in [6, 6.07) is 20.4. The number of aromatic carboxylic acids is 1. The number of ketones is 1. The molecule has 8 aromatic rings. The third kappa shape index (κ3) is 21.2. The lowest BCUT2D eigenvalue weighted by Gasteiger charge is -2.41. The molecule has 0 unspecified atom stereocenters. The van der Waals surface area contributed by atoms with Crippen molar-refractivity contribution in [1.82, 2.24) is 14.9 Å². The van der Waals surface area contributed by atoms with Crippen LogP contribution in [0.1, 0.15) is 174 Å². The van der Waals surface area contributed by atoms with Gasteiger partial charge in [0, 0.05) is 99.2 Å². The zero-order chi connectivity index (χ0) is 89.1. The van der Waals surface area contributed by atoms with Gasteiger partial charge in [0.05, 0.1) is 89.2 Å². The summed E-state index contributed by atoms with van der Waals surface area (Å²) in [6.45, 7) is 13.5. The Morgan fingerprint density at radius 1 is 0.463 bits per heavy atom. The molecule has 15 rings (SSSR count). The van der Waals surface area contributed by atoms with Crippen molar-refractivity contribution in [3.05, 3.63) is 244 Å². The first kappa shape index (κ1) is 91.9. The maximum atomic E-state index is 14.0. The lowest BCUT2D eigenvalue weighted by molar-refractivity contribution is -0.217. The standard InChI is InChI=1S/C30H31F6NO3.C28H25F7N2O4S.C28H27F7N2O3S/c1-17-6-3-4-9-25(17)27-26-15-37(23-7-5-8-24(38)13-23)14-20(26)16-39-28(27)40-18(2)19-10-21(29(31,32)33)12-22(11-19)30(34,35)36;1-13-5-19(29)3-4-20(13)23-21-11-37(26-36-9-22(42-26)24(38)39)10-16(21)12-40-25(23)41-14(2)15-6-17(27(30,31)32)8-18(7-15)28(33,34)35;1-14-5-20(29)3-4-22(14)24-23-11-37(26-36-9-21(12-38)41-26)10-17(23)13-39-25(24)40-15(2)16-6-18(27(30,31)32)8-19(7-16)28(33,34)35/h3-4,6,9-13,18,20,26-28H,5,7-8,14-16H2,1-2H3;3-9,14,16,21,23,25H,10-12H2,1-2H3,(H,38,39);3-9,15,17,23-25,38H,10-13H2,1-2H3/t18-,20+,26-,27+,28-;14-,16+,21-,23+,25-;15-,17+,23-,24+,25-/m111/s1. The zero-order valence-corrected chi connectivity index (χ0v) is 68.0. The van der Waals surface area contributed by atoms with Gasteiger partial charge >= 0.3 is 43.0 Å². The summed E-state index contributed by atoms with van der Waals surface area (Å²) in [5, 5.41) is 19.9. The Morgan fingerprint density at radius 3 is 1.15 bits per heavy atom. The van der Waals surface area contributed by atoms with Gasteiger partial charge in [-0.2, -0.15) is 79.0 Å². The number of rotatable bonds is 17. The lowest BCUT2D eigenvalue weighted by atomic mass is 9.76. The summed E-state index contributed by atoms with van der Waals surface area (Å²) in [7, 11) is 0. The molecule has 6 aliphatic heterocycles. The van der Waals surface area contributed by atoms with E-state index < -0.39 is 137 Å². The summed E-state index contributed by atoms with van der Waals surface area (Å²) in [5.74, 6) is -3.47. The highest BCUT2D eigenvalue weighted by Gasteiger charge is 2.53. The number of aryl methyl sites for hydroxylation is 3. The number of hydrogen-bond donors (Lipinski definition) is 2. The van der Waals surface area contributed by atoms with E-state index in [1.54, 1.807) is 38.3 Å². The number of alkyl halides is 18. The maximum absolute atomic E-state index is 14.0. The molecule has 0 bridgehead atoms. The molecule has 0 spiro atoms.